The van der Waals surface area contributed by atoms with Gasteiger partial charge in [-0.25, -0.2) is 13.1 Å². The monoisotopic (exact) mass is 314 g/mol. The average molecular weight is 314 g/mol. The number of fused-ring (bicyclic) bond motifs is 1. The van der Waals surface area contributed by atoms with Gasteiger partial charge in [-0.15, -0.1) is 11.8 Å². The Labute approximate surface area is 123 Å². The lowest BCUT2D eigenvalue weighted by Crippen LogP contribution is -2.43. The number of hydrogen-bond acceptors (Lipinski definition) is 4. The van der Waals surface area contributed by atoms with E-state index in [2.05, 4.69) is 4.72 Å². The first-order valence-electron chi connectivity index (χ1n) is 6.34. The third kappa shape index (κ3) is 3.53. The zero-order chi connectivity index (χ0) is 14.8. The second-order valence-electron chi connectivity index (χ2n) is 4.75. The molecular weight excluding hydrogens is 296 g/mol. The third-order valence-corrected chi connectivity index (χ3v) is 5.88. The van der Waals surface area contributed by atoms with Crippen LogP contribution in [-0.4, -0.2) is 43.8 Å². The van der Waals surface area contributed by atoms with Gasteiger partial charge in [0.2, 0.25) is 15.9 Å². The highest BCUT2D eigenvalue weighted by Gasteiger charge is 2.27. The Bertz CT molecular complexity index is 601. The van der Waals surface area contributed by atoms with Crippen LogP contribution in [0.3, 0.4) is 0 Å². The van der Waals surface area contributed by atoms with E-state index in [1.807, 2.05) is 31.2 Å². The molecule has 20 heavy (non-hydrogen) atoms. The molecule has 0 radical (unpaired) electrons. The van der Waals surface area contributed by atoms with Crippen LogP contribution in [0.15, 0.2) is 29.2 Å². The molecule has 7 heteroatoms. The van der Waals surface area contributed by atoms with Crippen molar-refractivity contribution >= 4 is 27.7 Å². The molecule has 1 aliphatic heterocycles. The number of carbonyl (C=O) groups excluding carboxylic acids is 1. The van der Waals surface area contributed by atoms with E-state index < -0.39 is 15.8 Å². The maximum atomic E-state index is 12.2. The van der Waals surface area contributed by atoms with Gasteiger partial charge in [0.1, 0.15) is 5.75 Å². The SMILES string of the molecule is CNS(=O)(=O)CC(=O)N1Cc2ccccc2SCC1C. The number of carbonyl (C=O) groups is 1. The highest BCUT2D eigenvalue weighted by molar-refractivity contribution is 7.99. The average Bonchev–Trinajstić information content (AvgIpc) is 2.58. The van der Waals surface area contributed by atoms with Crippen LogP contribution in [0.25, 0.3) is 0 Å². The van der Waals surface area contributed by atoms with Gasteiger partial charge in [0.25, 0.3) is 0 Å². The number of amides is 1. The number of hydrogen-bond donors (Lipinski definition) is 1. The summed E-state index contributed by atoms with van der Waals surface area (Å²) < 4.78 is 25.2. The minimum atomic E-state index is -3.53. The van der Waals surface area contributed by atoms with Gasteiger partial charge in [-0.2, -0.15) is 0 Å². The lowest BCUT2D eigenvalue weighted by molar-refractivity contribution is -0.130. The van der Waals surface area contributed by atoms with Gasteiger partial charge in [0.05, 0.1) is 0 Å². The molecule has 1 unspecified atom stereocenters. The van der Waals surface area contributed by atoms with Crippen molar-refractivity contribution in [1.29, 1.82) is 0 Å². The molecule has 1 aromatic carbocycles. The van der Waals surface area contributed by atoms with Gasteiger partial charge < -0.3 is 4.90 Å². The lowest BCUT2D eigenvalue weighted by atomic mass is 10.2. The van der Waals surface area contributed by atoms with Crippen LogP contribution in [0.2, 0.25) is 0 Å². The van der Waals surface area contributed by atoms with E-state index in [1.165, 1.54) is 7.05 Å². The fraction of sp³-hybridized carbons (Fsp3) is 0.462. The highest BCUT2D eigenvalue weighted by Crippen LogP contribution is 2.29. The minimum absolute atomic E-state index is 0.00644. The van der Waals surface area contributed by atoms with E-state index in [1.54, 1.807) is 16.7 Å². The number of nitrogens with zero attached hydrogens (tertiary/aromatic N) is 1. The molecule has 0 aromatic heterocycles. The Balaban J connectivity index is 2.21. The summed E-state index contributed by atoms with van der Waals surface area (Å²) in [5, 5.41) is 0. The van der Waals surface area contributed by atoms with Crippen molar-refractivity contribution in [2.24, 2.45) is 0 Å². The molecule has 0 saturated carbocycles. The summed E-state index contributed by atoms with van der Waals surface area (Å²) in [6, 6.07) is 7.92. The molecule has 0 spiro atoms. The van der Waals surface area contributed by atoms with Gasteiger partial charge in [0.15, 0.2) is 0 Å². The predicted octanol–water partition coefficient (Wildman–Crippen LogP) is 1.06. The van der Waals surface area contributed by atoms with Crippen molar-refractivity contribution in [3.05, 3.63) is 29.8 Å². The van der Waals surface area contributed by atoms with E-state index >= 15 is 0 Å². The summed E-state index contributed by atoms with van der Waals surface area (Å²) in [5.41, 5.74) is 1.07. The first-order valence-corrected chi connectivity index (χ1v) is 8.98. The Morgan fingerprint density at radius 2 is 2.15 bits per heavy atom. The fourth-order valence-electron chi connectivity index (χ4n) is 2.07. The van der Waals surface area contributed by atoms with Crippen molar-refractivity contribution in [2.45, 2.75) is 24.4 Å². The second kappa shape index (κ2) is 6.15. The van der Waals surface area contributed by atoms with Crippen molar-refractivity contribution in [3.63, 3.8) is 0 Å². The topological polar surface area (TPSA) is 66.5 Å². The van der Waals surface area contributed by atoms with Crippen LogP contribution in [-0.2, 0) is 21.4 Å². The molecule has 0 fully saturated rings. The number of nitrogens with one attached hydrogen (secondary N) is 1. The van der Waals surface area contributed by atoms with Crippen LogP contribution in [0.1, 0.15) is 12.5 Å². The van der Waals surface area contributed by atoms with E-state index in [-0.39, 0.29) is 11.9 Å². The molecular formula is C13H18N2O3S2. The normalized spacial score (nSPS) is 19.3. The molecule has 1 amide bonds. The summed E-state index contributed by atoms with van der Waals surface area (Å²) in [5.74, 6) is -0.0904. The van der Waals surface area contributed by atoms with Gasteiger partial charge in [0, 0.05) is 23.2 Å². The van der Waals surface area contributed by atoms with E-state index in [0.717, 1.165) is 16.2 Å². The summed E-state index contributed by atoms with van der Waals surface area (Å²) in [6.07, 6.45) is 0. The number of sulfonamides is 1. The van der Waals surface area contributed by atoms with Crippen molar-refractivity contribution in [2.75, 3.05) is 18.6 Å². The van der Waals surface area contributed by atoms with Crippen LogP contribution < -0.4 is 4.72 Å². The number of rotatable bonds is 3. The highest BCUT2D eigenvalue weighted by atomic mass is 32.2. The summed E-state index contributed by atoms with van der Waals surface area (Å²) in [4.78, 5) is 15.0. The molecule has 1 heterocycles. The van der Waals surface area contributed by atoms with Gasteiger partial charge in [-0.1, -0.05) is 18.2 Å². The molecule has 0 bridgehead atoms. The molecule has 0 saturated heterocycles. The molecule has 2 rings (SSSR count). The number of benzene rings is 1. The van der Waals surface area contributed by atoms with Crippen LogP contribution in [0.5, 0.6) is 0 Å². The first kappa shape index (κ1) is 15.3. The van der Waals surface area contributed by atoms with E-state index in [0.29, 0.717) is 6.54 Å². The standard InChI is InChI=1S/C13H18N2O3S2/c1-10-8-19-12-6-4-3-5-11(12)7-15(10)13(16)9-20(17,18)14-2/h3-6,10,14H,7-9H2,1-2H3. The quantitative estimate of drug-likeness (QED) is 0.906. The molecule has 0 aliphatic carbocycles. The van der Waals surface area contributed by atoms with Crippen LogP contribution in [0, 0.1) is 0 Å². The summed E-state index contributed by atoms with van der Waals surface area (Å²) in [6.45, 7) is 2.41. The molecule has 1 aromatic rings. The molecule has 5 nitrogen and oxygen atoms in total. The zero-order valence-electron chi connectivity index (χ0n) is 11.5. The molecule has 1 aliphatic rings. The Hall–Kier alpha value is -1.05. The maximum Gasteiger partial charge on any atom is 0.239 e. The van der Waals surface area contributed by atoms with Crippen LogP contribution >= 0.6 is 11.8 Å². The molecule has 1 atom stereocenters. The summed E-state index contributed by atoms with van der Waals surface area (Å²) in [7, 11) is -2.21. The first-order chi connectivity index (χ1) is 9.43. The maximum absolute atomic E-state index is 12.2. The van der Waals surface area contributed by atoms with Crippen molar-refractivity contribution in [3.8, 4) is 0 Å². The smallest absolute Gasteiger partial charge is 0.239 e. The fourth-order valence-corrected chi connectivity index (χ4v) is 3.80. The van der Waals surface area contributed by atoms with Gasteiger partial charge in [-0.05, 0) is 25.6 Å². The van der Waals surface area contributed by atoms with Crippen molar-refractivity contribution < 1.29 is 13.2 Å². The Morgan fingerprint density at radius 1 is 1.45 bits per heavy atom. The van der Waals surface area contributed by atoms with Gasteiger partial charge in [-0.3, -0.25) is 4.79 Å². The third-order valence-electron chi connectivity index (χ3n) is 3.27. The van der Waals surface area contributed by atoms with Crippen molar-refractivity contribution in [1.82, 2.24) is 9.62 Å². The second-order valence-corrected chi connectivity index (χ2v) is 7.74. The van der Waals surface area contributed by atoms with Crippen LogP contribution in [0.4, 0.5) is 0 Å². The van der Waals surface area contributed by atoms with E-state index in [9.17, 15) is 13.2 Å². The Morgan fingerprint density at radius 3 is 2.85 bits per heavy atom. The Kier molecular flexibility index (Phi) is 4.72. The lowest BCUT2D eigenvalue weighted by Gasteiger charge is -2.26. The number of thioether (sulfide) groups is 1. The summed E-state index contributed by atoms with van der Waals surface area (Å²) >= 11 is 1.70. The predicted molar refractivity (Wildman–Crippen MR) is 80.0 cm³/mol. The minimum Gasteiger partial charge on any atom is -0.334 e. The largest absolute Gasteiger partial charge is 0.334 e. The van der Waals surface area contributed by atoms with E-state index in [4.69, 9.17) is 0 Å². The molecule has 110 valence electrons. The molecule has 1 N–H and O–H groups in total. The zero-order valence-corrected chi connectivity index (χ0v) is 13.1. The van der Waals surface area contributed by atoms with Gasteiger partial charge >= 0.3 is 0 Å².